The maximum absolute atomic E-state index is 12.7. The Hall–Kier alpha value is -2.55. The van der Waals surface area contributed by atoms with Gasteiger partial charge in [-0.1, -0.05) is 54.6 Å². The zero-order chi connectivity index (χ0) is 15.0. The standard InChI is InChI=1S/C18H14O3/c1-18(16(20)12-7-3-2-4-8-12)11-15(19)13-9-5-6-10-14(13)17(18)21/h2-10H,11H2,1H3. The van der Waals surface area contributed by atoms with E-state index in [1.165, 1.54) is 0 Å². The fraction of sp³-hybridized carbons (Fsp3) is 0.167. The number of benzene rings is 2. The van der Waals surface area contributed by atoms with Crippen molar-refractivity contribution in [1.82, 2.24) is 0 Å². The second-order valence-electron chi connectivity index (χ2n) is 5.50. The third-order valence-corrected chi connectivity index (χ3v) is 4.02. The van der Waals surface area contributed by atoms with Gasteiger partial charge >= 0.3 is 0 Å². The number of Topliss-reactive ketones (excluding diaryl/α,β-unsaturated/α-hetero) is 3. The zero-order valence-corrected chi connectivity index (χ0v) is 11.6. The molecule has 0 saturated heterocycles. The Bertz CT molecular complexity index is 746. The summed E-state index contributed by atoms with van der Waals surface area (Å²) in [5, 5.41) is 0. The summed E-state index contributed by atoms with van der Waals surface area (Å²) < 4.78 is 0. The van der Waals surface area contributed by atoms with Gasteiger partial charge in [0.1, 0.15) is 5.41 Å². The second kappa shape index (κ2) is 4.77. The van der Waals surface area contributed by atoms with Crippen molar-refractivity contribution in [2.24, 2.45) is 5.41 Å². The van der Waals surface area contributed by atoms with Gasteiger partial charge in [0.05, 0.1) is 0 Å². The number of rotatable bonds is 2. The summed E-state index contributed by atoms with van der Waals surface area (Å²) in [5.41, 5.74) is -0.0887. The minimum absolute atomic E-state index is 0.0728. The van der Waals surface area contributed by atoms with Crippen LogP contribution in [0.2, 0.25) is 0 Å². The first-order valence-corrected chi connectivity index (χ1v) is 6.81. The van der Waals surface area contributed by atoms with E-state index < -0.39 is 5.41 Å². The van der Waals surface area contributed by atoms with Crippen LogP contribution in [0.25, 0.3) is 0 Å². The molecule has 1 unspecified atom stereocenters. The summed E-state index contributed by atoms with van der Waals surface area (Å²) in [7, 11) is 0. The van der Waals surface area contributed by atoms with Crippen molar-refractivity contribution in [3.8, 4) is 0 Å². The molecule has 0 amide bonds. The van der Waals surface area contributed by atoms with Crippen LogP contribution in [0, 0.1) is 5.41 Å². The Morgan fingerprint density at radius 3 is 2.14 bits per heavy atom. The lowest BCUT2D eigenvalue weighted by molar-refractivity contribution is 0.0619. The van der Waals surface area contributed by atoms with E-state index in [1.807, 2.05) is 6.07 Å². The van der Waals surface area contributed by atoms with Gasteiger partial charge in [0.2, 0.25) is 0 Å². The number of ketones is 3. The summed E-state index contributed by atoms with van der Waals surface area (Å²) in [6, 6.07) is 15.3. The van der Waals surface area contributed by atoms with E-state index >= 15 is 0 Å². The maximum atomic E-state index is 12.7. The average Bonchev–Trinajstić information content (AvgIpc) is 2.53. The van der Waals surface area contributed by atoms with Crippen LogP contribution in [-0.2, 0) is 0 Å². The molecule has 1 atom stereocenters. The molecule has 1 aliphatic rings. The molecular weight excluding hydrogens is 264 g/mol. The van der Waals surface area contributed by atoms with Crippen LogP contribution in [0.15, 0.2) is 54.6 Å². The molecule has 0 radical (unpaired) electrons. The van der Waals surface area contributed by atoms with Gasteiger partial charge < -0.3 is 0 Å². The summed E-state index contributed by atoms with van der Waals surface area (Å²) in [4.78, 5) is 37.7. The third kappa shape index (κ3) is 2.02. The van der Waals surface area contributed by atoms with Crippen LogP contribution in [-0.4, -0.2) is 17.3 Å². The molecule has 0 saturated carbocycles. The molecule has 0 fully saturated rings. The number of carbonyl (C=O) groups excluding carboxylic acids is 3. The predicted octanol–water partition coefficient (Wildman–Crippen LogP) is 3.34. The molecule has 2 aromatic rings. The molecule has 0 N–H and O–H groups in total. The van der Waals surface area contributed by atoms with Crippen LogP contribution in [0.4, 0.5) is 0 Å². The Labute approximate surface area is 122 Å². The van der Waals surface area contributed by atoms with E-state index in [9.17, 15) is 14.4 Å². The predicted molar refractivity (Wildman–Crippen MR) is 78.6 cm³/mol. The fourth-order valence-corrected chi connectivity index (χ4v) is 2.81. The SMILES string of the molecule is CC1(C(=O)c2ccccc2)CC(=O)c2ccccc2C1=O. The van der Waals surface area contributed by atoms with Crippen molar-refractivity contribution in [3.63, 3.8) is 0 Å². The van der Waals surface area contributed by atoms with Gasteiger partial charge in [-0.2, -0.15) is 0 Å². The van der Waals surface area contributed by atoms with Crippen molar-refractivity contribution in [2.75, 3.05) is 0 Å². The molecule has 2 aromatic carbocycles. The normalized spacial score (nSPS) is 21.0. The minimum Gasteiger partial charge on any atom is -0.294 e. The van der Waals surface area contributed by atoms with E-state index in [1.54, 1.807) is 55.5 Å². The number of hydrogen-bond acceptors (Lipinski definition) is 3. The van der Waals surface area contributed by atoms with Crippen molar-refractivity contribution in [3.05, 3.63) is 71.3 Å². The van der Waals surface area contributed by atoms with E-state index in [2.05, 4.69) is 0 Å². The number of fused-ring (bicyclic) bond motifs is 1. The smallest absolute Gasteiger partial charge is 0.177 e. The molecule has 21 heavy (non-hydrogen) atoms. The molecule has 3 nitrogen and oxygen atoms in total. The summed E-state index contributed by atoms with van der Waals surface area (Å²) in [5.74, 6) is -0.723. The van der Waals surface area contributed by atoms with Gasteiger partial charge in [0.15, 0.2) is 17.3 Å². The van der Waals surface area contributed by atoms with E-state index in [-0.39, 0.29) is 23.8 Å². The Morgan fingerprint density at radius 2 is 1.48 bits per heavy atom. The molecule has 104 valence electrons. The van der Waals surface area contributed by atoms with E-state index in [4.69, 9.17) is 0 Å². The molecule has 3 rings (SSSR count). The zero-order valence-electron chi connectivity index (χ0n) is 11.6. The third-order valence-electron chi connectivity index (χ3n) is 4.02. The molecule has 0 aromatic heterocycles. The van der Waals surface area contributed by atoms with Crippen LogP contribution in [0.1, 0.15) is 44.4 Å². The van der Waals surface area contributed by atoms with Crippen molar-refractivity contribution >= 4 is 17.3 Å². The van der Waals surface area contributed by atoms with Gasteiger partial charge in [0, 0.05) is 23.1 Å². The van der Waals surface area contributed by atoms with Crippen molar-refractivity contribution in [1.29, 1.82) is 0 Å². The lowest BCUT2D eigenvalue weighted by Crippen LogP contribution is -2.42. The molecule has 0 aliphatic heterocycles. The molecule has 0 spiro atoms. The first-order valence-electron chi connectivity index (χ1n) is 6.81. The lowest BCUT2D eigenvalue weighted by Gasteiger charge is -2.31. The number of carbonyl (C=O) groups is 3. The monoisotopic (exact) mass is 278 g/mol. The maximum Gasteiger partial charge on any atom is 0.177 e. The minimum atomic E-state index is -1.31. The second-order valence-corrected chi connectivity index (χ2v) is 5.50. The van der Waals surface area contributed by atoms with Gasteiger partial charge in [-0.05, 0) is 6.92 Å². The van der Waals surface area contributed by atoms with Gasteiger partial charge in [-0.25, -0.2) is 0 Å². The quantitative estimate of drug-likeness (QED) is 0.625. The molecular formula is C18H14O3. The summed E-state index contributed by atoms with van der Waals surface area (Å²) in [6.07, 6.45) is -0.0728. The molecule has 0 heterocycles. The van der Waals surface area contributed by atoms with Crippen LogP contribution < -0.4 is 0 Å². The highest BCUT2D eigenvalue weighted by atomic mass is 16.2. The average molecular weight is 278 g/mol. The van der Waals surface area contributed by atoms with E-state index in [0.29, 0.717) is 16.7 Å². The molecule has 3 heteroatoms. The summed E-state index contributed by atoms with van der Waals surface area (Å²) in [6.45, 7) is 1.57. The Kier molecular flexibility index (Phi) is 3.05. The molecule has 0 bridgehead atoms. The first-order chi connectivity index (χ1) is 10.0. The Balaban J connectivity index is 2.09. The van der Waals surface area contributed by atoms with Crippen LogP contribution in [0.5, 0.6) is 0 Å². The van der Waals surface area contributed by atoms with Gasteiger partial charge in [0.25, 0.3) is 0 Å². The topological polar surface area (TPSA) is 51.2 Å². The van der Waals surface area contributed by atoms with E-state index in [0.717, 1.165) is 0 Å². The fourth-order valence-electron chi connectivity index (χ4n) is 2.81. The van der Waals surface area contributed by atoms with Gasteiger partial charge in [-0.15, -0.1) is 0 Å². The highest BCUT2D eigenvalue weighted by Crippen LogP contribution is 2.37. The van der Waals surface area contributed by atoms with Crippen LogP contribution >= 0.6 is 0 Å². The lowest BCUT2D eigenvalue weighted by atomic mass is 9.67. The van der Waals surface area contributed by atoms with Crippen molar-refractivity contribution in [2.45, 2.75) is 13.3 Å². The summed E-state index contributed by atoms with van der Waals surface area (Å²) >= 11 is 0. The highest BCUT2D eigenvalue weighted by Gasteiger charge is 2.47. The van der Waals surface area contributed by atoms with Gasteiger partial charge in [-0.3, -0.25) is 14.4 Å². The number of hydrogen-bond donors (Lipinski definition) is 0. The van der Waals surface area contributed by atoms with Crippen LogP contribution in [0.3, 0.4) is 0 Å². The Morgan fingerprint density at radius 1 is 0.905 bits per heavy atom. The highest BCUT2D eigenvalue weighted by molar-refractivity contribution is 6.27. The largest absolute Gasteiger partial charge is 0.294 e. The molecule has 1 aliphatic carbocycles. The first kappa shape index (κ1) is 13.4. The van der Waals surface area contributed by atoms with Crippen molar-refractivity contribution < 1.29 is 14.4 Å².